The second kappa shape index (κ2) is 10.2. The lowest BCUT2D eigenvalue weighted by Gasteiger charge is -2.26. The van der Waals surface area contributed by atoms with Crippen LogP contribution in [0.5, 0.6) is 11.5 Å². The molecular formula is C28H38N4O4. The second-order valence-corrected chi connectivity index (χ2v) is 10.6. The highest BCUT2D eigenvalue weighted by atomic mass is 16.5. The molecule has 3 rings (SSSR count). The van der Waals surface area contributed by atoms with Gasteiger partial charge in [-0.3, -0.25) is 15.0 Å². The molecule has 8 nitrogen and oxygen atoms in total. The van der Waals surface area contributed by atoms with E-state index in [4.69, 9.17) is 14.9 Å². The van der Waals surface area contributed by atoms with Crippen LogP contribution >= 0.6 is 0 Å². The first kappa shape index (κ1) is 27.0. The van der Waals surface area contributed by atoms with Gasteiger partial charge in [-0.2, -0.15) is 0 Å². The van der Waals surface area contributed by atoms with Crippen molar-refractivity contribution in [3.05, 3.63) is 52.1 Å². The van der Waals surface area contributed by atoms with Crippen molar-refractivity contribution in [3.63, 3.8) is 0 Å². The van der Waals surface area contributed by atoms with Crippen LogP contribution in [0.1, 0.15) is 72.0 Å². The summed E-state index contributed by atoms with van der Waals surface area (Å²) in [7, 11) is 6.95. The highest BCUT2D eigenvalue weighted by Gasteiger charge is 2.30. The van der Waals surface area contributed by atoms with Gasteiger partial charge in [0.2, 0.25) is 0 Å². The molecule has 0 aromatic heterocycles. The molecule has 0 aliphatic carbocycles. The lowest BCUT2D eigenvalue weighted by molar-refractivity contribution is 0.0954. The third-order valence-corrected chi connectivity index (χ3v) is 6.19. The maximum absolute atomic E-state index is 13.5. The van der Waals surface area contributed by atoms with Gasteiger partial charge < -0.3 is 24.6 Å². The minimum absolute atomic E-state index is 0.0388. The average molecular weight is 495 g/mol. The van der Waals surface area contributed by atoms with Gasteiger partial charge in [0.05, 0.1) is 25.3 Å². The molecule has 0 unspecified atom stereocenters. The van der Waals surface area contributed by atoms with Crippen LogP contribution in [0.4, 0.5) is 5.69 Å². The quantitative estimate of drug-likeness (QED) is 0.534. The van der Waals surface area contributed by atoms with Crippen molar-refractivity contribution in [2.24, 2.45) is 0 Å². The van der Waals surface area contributed by atoms with E-state index in [1.165, 1.54) is 0 Å². The van der Waals surface area contributed by atoms with Crippen LogP contribution in [0.15, 0.2) is 24.3 Å². The number of ketones is 1. The van der Waals surface area contributed by atoms with Gasteiger partial charge in [-0.15, -0.1) is 0 Å². The van der Waals surface area contributed by atoms with Crippen molar-refractivity contribution in [1.82, 2.24) is 10.2 Å². The number of nitrogens with one attached hydrogen (secondary N) is 2. The number of Topliss-reactive ketones (excluding diaryl/α,β-unsaturated/α-hetero) is 1. The van der Waals surface area contributed by atoms with E-state index in [0.717, 1.165) is 16.8 Å². The number of amidine groups is 1. The summed E-state index contributed by atoms with van der Waals surface area (Å²) >= 11 is 0. The van der Waals surface area contributed by atoms with Gasteiger partial charge in [-0.05, 0) is 49.1 Å². The summed E-state index contributed by atoms with van der Waals surface area (Å²) in [5.74, 6) is 1.07. The number of ether oxygens (including phenoxy) is 2. The number of fused-ring (bicyclic) bond motifs is 1. The van der Waals surface area contributed by atoms with Crippen molar-refractivity contribution in [1.29, 1.82) is 5.41 Å². The summed E-state index contributed by atoms with van der Waals surface area (Å²) in [6.07, 6.45) is -0.0845. The third kappa shape index (κ3) is 5.32. The normalized spacial score (nSPS) is 13.1. The van der Waals surface area contributed by atoms with Gasteiger partial charge in [0.25, 0.3) is 5.91 Å². The van der Waals surface area contributed by atoms with Crippen LogP contribution < -0.4 is 19.7 Å². The Labute approximate surface area is 214 Å². The molecule has 0 atom stereocenters. The summed E-state index contributed by atoms with van der Waals surface area (Å²) in [5, 5.41) is 11.4. The van der Waals surface area contributed by atoms with Gasteiger partial charge in [0.1, 0.15) is 5.84 Å². The number of anilines is 1. The highest BCUT2D eigenvalue weighted by molar-refractivity contribution is 6.08. The minimum Gasteiger partial charge on any atom is -0.493 e. The van der Waals surface area contributed by atoms with E-state index in [-0.39, 0.29) is 35.6 Å². The maximum atomic E-state index is 13.5. The average Bonchev–Trinajstić information content (AvgIpc) is 3.10. The Morgan fingerprint density at radius 2 is 1.83 bits per heavy atom. The standard InChI is InChI=1S/C28H38N4O4/c1-16(2)36-24-12-17(10-21(25(24)35-9)28(3,4)5)23(33)15-32-14-18-11-22(31(7)8)20(27(34)30-6)13-19(18)26(32)29/h10-13,16,29H,14-15H2,1-9H3,(H,30,34). The molecule has 0 saturated carbocycles. The summed E-state index contributed by atoms with van der Waals surface area (Å²) < 4.78 is 11.7. The van der Waals surface area contributed by atoms with E-state index in [9.17, 15) is 9.59 Å². The Hall–Kier alpha value is -3.55. The fourth-order valence-corrected chi connectivity index (χ4v) is 4.40. The van der Waals surface area contributed by atoms with E-state index in [0.29, 0.717) is 34.7 Å². The van der Waals surface area contributed by atoms with Crippen molar-refractivity contribution in [3.8, 4) is 11.5 Å². The van der Waals surface area contributed by atoms with E-state index < -0.39 is 0 Å². The summed E-state index contributed by atoms with van der Waals surface area (Å²) in [5.41, 5.74) is 3.98. The Morgan fingerprint density at radius 3 is 2.36 bits per heavy atom. The fraction of sp³-hybridized carbons (Fsp3) is 0.464. The summed E-state index contributed by atoms with van der Waals surface area (Å²) in [6.45, 7) is 10.5. The van der Waals surface area contributed by atoms with E-state index in [1.54, 1.807) is 31.2 Å². The number of amides is 1. The number of carbonyl (C=O) groups is 2. The monoisotopic (exact) mass is 494 g/mol. The predicted octanol–water partition coefficient (Wildman–Crippen LogP) is 4.23. The van der Waals surface area contributed by atoms with E-state index in [2.05, 4.69) is 26.1 Å². The lowest BCUT2D eigenvalue weighted by Crippen LogP contribution is -2.30. The first-order valence-electron chi connectivity index (χ1n) is 12.1. The molecule has 2 aromatic rings. The van der Waals surface area contributed by atoms with Gasteiger partial charge in [-0.25, -0.2) is 0 Å². The SMILES string of the molecule is CNC(=O)c1cc2c(cc1N(C)C)CN(CC(=O)c1cc(OC(C)C)c(OC)c(C(C)(C)C)c1)C2=N. The fourth-order valence-electron chi connectivity index (χ4n) is 4.40. The summed E-state index contributed by atoms with van der Waals surface area (Å²) in [6, 6.07) is 7.28. The molecule has 1 aliphatic rings. The van der Waals surface area contributed by atoms with Crippen molar-refractivity contribution >= 4 is 23.2 Å². The molecule has 1 aliphatic heterocycles. The van der Waals surface area contributed by atoms with Crippen molar-refractivity contribution in [2.45, 2.75) is 52.7 Å². The molecule has 8 heteroatoms. The molecule has 194 valence electrons. The zero-order chi connectivity index (χ0) is 26.9. The Morgan fingerprint density at radius 1 is 1.17 bits per heavy atom. The second-order valence-electron chi connectivity index (χ2n) is 10.6. The topological polar surface area (TPSA) is 95.0 Å². The molecular weight excluding hydrogens is 456 g/mol. The van der Waals surface area contributed by atoms with Gasteiger partial charge >= 0.3 is 0 Å². The molecule has 0 fully saturated rings. The van der Waals surface area contributed by atoms with E-state index >= 15 is 0 Å². The lowest BCUT2D eigenvalue weighted by atomic mass is 9.84. The maximum Gasteiger partial charge on any atom is 0.253 e. The first-order valence-corrected chi connectivity index (χ1v) is 12.1. The number of rotatable bonds is 8. The summed E-state index contributed by atoms with van der Waals surface area (Å²) in [4.78, 5) is 29.6. The van der Waals surface area contributed by atoms with Crippen LogP contribution in [0.2, 0.25) is 0 Å². The number of hydrogen-bond donors (Lipinski definition) is 2. The number of carbonyl (C=O) groups excluding carboxylic acids is 2. The van der Waals surface area contributed by atoms with Crippen LogP contribution in [-0.4, -0.2) is 63.3 Å². The molecule has 0 spiro atoms. The Balaban J connectivity index is 1.96. The van der Waals surface area contributed by atoms with Gasteiger partial charge in [0.15, 0.2) is 17.3 Å². The van der Waals surface area contributed by atoms with Crippen LogP contribution in [0, 0.1) is 5.41 Å². The van der Waals surface area contributed by atoms with Gasteiger partial charge in [0, 0.05) is 50.1 Å². The van der Waals surface area contributed by atoms with Crippen LogP contribution in [0.3, 0.4) is 0 Å². The number of methoxy groups -OCH3 is 1. The minimum atomic E-state index is -0.272. The smallest absolute Gasteiger partial charge is 0.253 e. The molecule has 2 N–H and O–H groups in total. The zero-order valence-electron chi connectivity index (χ0n) is 22.8. The molecule has 2 aromatic carbocycles. The molecule has 0 bridgehead atoms. The Bertz CT molecular complexity index is 1200. The van der Waals surface area contributed by atoms with Crippen LogP contribution in [-0.2, 0) is 12.0 Å². The van der Waals surface area contributed by atoms with Crippen molar-refractivity contribution in [2.75, 3.05) is 39.7 Å². The third-order valence-electron chi connectivity index (χ3n) is 6.19. The van der Waals surface area contributed by atoms with Crippen molar-refractivity contribution < 1.29 is 19.1 Å². The number of benzene rings is 2. The first-order chi connectivity index (χ1) is 16.8. The highest BCUT2D eigenvalue weighted by Crippen LogP contribution is 2.40. The molecule has 1 amide bonds. The molecule has 0 radical (unpaired) electrons. The zero-order valence-corrected chi connectivity index (χ0v) is 22.8. The van der Waals surface area contributed by atoms with Crippen LogP contribution in [0.25, 0.3) is 0 Å². The number of hydrogen-bond acceptors (Lipinski definition) is 6. The largest absolute Gasteiger partial charge is 0.493 e. The van der Waals surface area contributed by atoms with E-state index in [1.807, 2.05) is 45.0 Å². The molecule has 1 heterocycles. The van der Waals surface area contributed by atoms with Gasteiger partial charge in [-0.1, -0.05) is 20.8 Å². The molecule has 0 saturated heterocycles. The predicted molar refractivity (Wildman–Crippen MR) is 143 cm³/mol. The molecule has 36 heavy (non-hydrogen) atoms. The number of nitrogens with zero attached hydrogens (tertiary/aromatic N) is 2. The Kier molecular flexibility index (Phi) is 7.67.